The molecule has 2 saturated carbocycles. The van der Waals surface area contributed by atoms with Gasteiger partial charge in [0, 0.05) is 42.6 Å². The van der Waals surface area contributed by atoms with Gasteiger partial charge < -0.3 is 19.3 Å². The summed E-state index contributed by atoms with van der Waals surface area (Å²) in [5.74, 6) is -5.33. The molecule has 4 rings (SSSR count). The van der Waals surface area contributed by atoms with Gasteiger partial charge in [0.15, 0.2) is 23.7 Å². The van der Waals surface area contributed by atoms with E-state index in [2.05, 4.69) is 0 Å². The number of aliphatic hydroxyl groups excluding tert-OH is 1. The summed E-state index contributed by atoms with van der Waals surface area (Å²) in [6.45, 7) is 8.70. The van der Waals surface area contributed by atoms with Crippen LogP contribution in [0, 0.1) is 28.6 Å². The van der Waals surface area contributed by atoms with Gasteiger partial charge in [0.25, 0.3) is 0 Å². The average molecular weight is 561 g/mol. The van der Waals surface area contributed by atoms with Gasteiger partial charge in [-0.05, 0) is 43.9 Å². The van der Waals surface area contributed by atoms with Crippen LogP contribution in [0.4, 0.5) is 4.39 Å². The van der Waals surface area contributed by atoms with E-state index in [9.17, 15) is 29.1 Å². The largest absolute Gasteiger partial charge is 0.457 e. The van der Waals surface area contributed by atoms with Crippen molar-refractivity contribution in [3.8, 4) is 0 Å². The zero-order chi connectivity index (χ0) is 29.8. The van der Waals surface area contributed by atoms with Crippen LogP contribution in [0.5, 0.6) is 0 Å². The van der Waals surface area contributed by atoms with Crippen LogP contribution in [0.25, 0.3) is 0 Å². The Labute approximate surface area is 232 Å². The number of rotatable bonds is 7. The van der Waals surface area contributed by atoms with E-state index in [-0.39, 0.29) is 37.0 Å². The number of fused-ring (bicyclic) bond motifs is 5. The first-order valence-corrected chi connectivity index (χ1v) is 13.8. The Hall–Kier alpha value is -3.14. The van der Waals surface area contributed by atoms with Gasteiger partial charge in [-0.3, -0.25) is 24.0 Å². The van der Waals surface area contributed by atoms with Crippen LogP contribution in [0.2, 0.25) is 0 Å². The van der Waals surface area contributed by atoms with Crippen LogP contribution in [0.3, 0.4) is 0 Å². The number of ether oxygens (including phenoxy) is 3. The third kappa shape index (κ3) is 4.01. The summed E-state index contributed by atoms with van der Waals surface area (Å²) in [5, 5.41) is 11.7. The van der Waals surface area contributed by atoms with E-state index in [1.54, 1.807) is 34.6 Å². The number of ketones is 2. The molecule has 8 atom stereocenters. The zero-order valence-corrected chi connectivity index (χ0v) is 23.7. The number of carbonyl (C=O) groups excluding carboxylic acids is 5. The minimum absolute atomic E-state index is 0.0151. The van der Waals surface area contributed by atoms with Crippen LogP contribution in [0.1, 0.15) is 67.2 Å². The van der Waals surface area contributed by atoms with Gasteiger partial charge in [-0.1, -0.05) is 33.8 Å². The predicted molar refractivity (Wildman–Crippen MR) is 139 cm³/mol. The maximum atomic E-state index is 17.7. The molecule has 40 heavy (non-hydrogen) atoms. The summed E-state index contributed by atoms with van der Waals surface area (Å²) in [6, 6.07) is 0. The van der Waals surface area contributed by atoms with Crippen LogP contribution in [0.15, 0.2) is 35.6 Å². The summed E-state index contributed by atoms with van der Waals surface area (Å²) in [6.07, 6.45) is 3.60. The highest BCUT2D eigenvalue weighted by atomic mass is 19.1. The number of hydrogen-bond acceptors (Lipinski definition) is 9. The maximum absolute atomic E-state index is 17.7. The lowest BCUT2D eigenvalue weighted by molar-refractivity contribution is -0.219. The first-order chi connectivity index (χ1) is 18.6. The molecule has 4 aliphatic carbocycles. The van der Waals surface area contributed by atoms with Crippen LogP contribution in [-0.2, 0) is 38.2 Å². The lowest BCUT2D eigenvalue weighted by Gasteiger charge is -2.61. The molecule has 9 nitrogen and oxygen atoms in total. The molecule has 0 unspecified atom stereocenters. The van der Waals surface area contributed by atoms with E-state index >= 15 is 4.39 Å². The monoisotopic (exact) mass is 560 g/mol. The number of carbonyl (C=O) groups is 5. The Kier molecular flexibility index (Phi) is 7.49. The van der Waals surface area contributed by atoms with Crippen molar-refractivity contribution in [1.82, 2.24) is 0 Å². The van der Waals surface area contributed by atoms with Gasteiger partial charge in [-0.15, -0.1) is 0 Å². The van der Waals surface area contributed by atoms with Crippen molar-refractivity contribution in [3.05, 3.63) is 35.6 Å². The molecular formula is C30H37FO9. The van der Waals surface area contributed by atoms with Gasteiger partial charge in [0.1, 0.15) is 5.76 Å². The van der Waals surface area contributed by atoms with Gasteiger partial charge >= 0.3 is 17.9 Å². The molecule has 0 aromatic heterocycles. The Morgan fingerprint density at radius 3 is 2.38 bits per heavy atom. The van der Waals surface area contributed by atoms with Gasteiger partial charge in [0.2, 0.25) is 5.78 Å². The minimum Gasteiger partial charge on any atom is -0.457 e. The molecule has 0 aliphatic heterocycles. The Bertz CT molecular complexity index is 1250. The van der Waals surface area contributed by atoms with Crippen molar-refractivity contribution in [3.63, 3.8) is 0 Å². The summed E-state index contributed by atoms with van der Waals surface area (Å²) in [4.78, 5) is 62.9. The van der Waals surface area contributed by atoms with Crippen LogP contribution >= 0.6 is 0 Å². The van der Waals surface area contributed by atoms with E-state index in [4.69, 9.17) is 14.2 Å². The van der Waals surface area contributed by atoms with E-state index in [0.29, 0.717) is 0 Å². The summed E-state index contributed by atoms with van der Waals surface area (Å²) < 4.78 is 34.3. The Balaban J connectivity index is 1.91. The fraction of sp³-hybridized carbons (Fsp3) is 0.633. The smallest absolute Gasteiger partial charge is 0.308 e. The third-order valence-electron chi connectivity index (χ3n) is 9.69. The summed E-state index contributed by atoms with van der Waals surface area (Å²) >= 11 is 0. The fourth-order valence-electron chi connectivity index (χ4n) is 7.80. The number of alkyl halides is 1. The number of halogens is 1. The first-order valence-electron chi connectivity index (χ1n) is 13.8. The van der Waals surface area contributed by atoms with Gasteiger partial charge in [-0.25, -0.2) is 4.39 Å². The second kappa shape index (κ2) is 10.0. The molecule has 10 heteroatoms. The number of esters is 3. The van der Waals surface area contributed by atoms with Crippen molar-refractivity contribution in [2.45, 2.75) is 84.6 Å². The molecule has 4 aliphatic rings. The molecule has 0 spiro atoms. The zero-order valence-electron chi connectivity index (χ0n) is 23.7. The molecule has 0 bridgehead atoms. The average Bonchev–Trinajstić information content (AvgIpc) is 3.11. The fourth-order valence-corrected chi connectivity index (χ4v) is 7.80. The molecule has 0 saturated heterocycles. The van der Waals surface area contributed by atoms with Crippen LogP contribution in [-0.4, -0.2) is 58.6 Å². The molecule has 0 amide bonds. The highest BCUT2D eigenvalue weighted by Crippen LogP contribution is 2.71. The topological polar surface area (TPSA) is 133 Å². The summed E-state index contributed by atoms with van der Waals surface area (Å²) in [7, 11) is 0. The van der Waals surface area contributed by atoms with Crippen molar-refractivity contribution in [1.29, 1.82) is 0 Å². The predicted octanol–water partition coefficient (Wildman–Crippen LogP) is 3.48. The third-order valence-corrected chi connectivity index (χ3v) is 9.69. The molecule has 218 valence electrons. The highest BCUT2D eigenvalue weighted by Gasteiger charge is 2.77. The maximum Gasteiger partial charge on any atom is 0.308 e. The quantitative estimate of drug-likeness (QED) is 0.367. The van der Waals surface area contributed by atoms with E-state index in [0.717, 1.165) is 0 Å². The van der Waals surface area contributed by atoms with Crippen molar-refractivity contribution < 1.29 is 47.7 Å². The van der Waals surface area contributed by atoms with E-state index in [1.807, 2.05) is 0 Å². The SMILES string of the molecule is CCC(=O)OCC(=O)[C@]1(OC(=O)CC)[C@@H](C)C[C@H]2[C@@H]3C=C(OC(C)=O)C4=CC(=O)C=C[C@]4(C)[C@@]3(F)[C@H](O)C[C@@]21C. The first kappa shape index (κ1) is 29.8. The molecule has 0 heterocycles. The number of aliphatic hydroxyl groups is 1. The normalized spacial score (nSPS) is 39.6. The second-order valence-corrected chi connectivity index (χ2v) is 11.8. The lowest BCUT2D eigenvalue weighted by Crippen LogP contribution is -2.69. The van der Waals surface area contributed by atoms with Gasteiger partial charge in [0.05, 0.1) is 11.5 Å². The molecule has 0 aromatic carbocycles. The van der Waals surface area contributed by atoms with E-state index < -0.39 is 82.0 Å². The molecule has 2 fully saturated rings. The standard InChI is InChI=1S/C30H37FO9/c1-7-25(36)38-15-24(35)30(40-26(37)8-2)16(3)11-19-20-13-22(39-17(4)32)21-12-18(33)9-10-27(21,5)29(20,31)23(34)14-28(19,30)6/h9-10,12-13,16,19-20,23,34H,7-8,11,14-15H2,1-6H3/t16-,19-,20-,23+,27-,28-,29-,30+/m0/s1. The Morgan fingerprint density at radius 2 is 1.77 bits per heavy atom. The Morgan fingerprint density at radius 1 is 1.12 bits per heavy atom. The molecular weight excluding hydrogens is 523 g/mol. The molecule has 1 N–H and O–H groups in total. The number of hydrogen-bond donors (Lipinski definition) is 1. The second-order valence-electron chi connectivity index (χ2n) is 11.8. The van der Waals surface area contributed by atoms with Crippen molar-refractivity contribution in [2.75, 3.05) is 6.61 Å². The summed E-state index contributed by atoms with van der Waals surface area (Å²) in [5.41, 5.74) is -6.84. The minimum atomic E-state index is -2.36. The van der Waals surface area contributed by atoms with Crippen molar-refractivity contribution >= 4 is 29.5 Å². The number of allylic oxidation sites excluding steroid dienone is 5. The number of Topliss-reactive ketones (excluding diaryl/α,β-unsaturated/α-hetero) is 1. The lowest BCUT2D eigenvalue weighted by atomic mass is 9.46. The van der Waals surface area contributed by atoms with Gasteiger partial charge in [-0.2, -0.15) is 0 Å². The van der Waals surface area contributed by atoms with Crippen molar-refractivity contribution in [2.24, 2.45) is 28.6 Å². The molecule has 0 aromatic rings. The van der Waals surface area contributed by atoms with E-state index in [1.165, 1.54) is 31.2 Å². The van der Waals surface area contributed by atoms with Crippen LogP contribution < -0.4 is 0 Å². The molecule has 0 radical (unpaired) electrons. The highest BCUT2D eigenvalue weighted by molar-refractivity contribution is 6.02.